The van der Waals surface area contributed by atoms with Crippen LogP contribution in [0.4, 0.5) is 0 Å². The molecule has 10 bridgehead atoms. The summed E-state index contributed by atoms with van der Waals surface area (Å²) in [6.45, 7) is 18.4. The van der Waals surface area contributed by atoms with Crippen LogP contribution in [0.15, 0.2) is 214 Å². The third kappa shape index (κ3) is 15.7. The van der Waals surface area contributed by atoms with Crippen LogP contribution in [-0.4, -0.2) is 77.0 Å². The zero-order chi connectivity index (χ0) is 75.2. The Bertz CT molecular complexity index is 4780. The lowest BCUT2D eigenvalue weighted by molar-refractivity contribution is 0.178. The van der Waals surface area contributed by atoms with E-state index in [-0.39, 0.29) is 100 Å². The highest BCUT2D eigenvalue weighted by atomic mass is 32.2. The Morgan fingerprint density at radius 3 is 0.790 bits per heavy atom. The minimum absolute atomic E-state index is 0.0136. The van der Waals surface area contributed by atoms with E-state index in [4.69, 9.17) is 16.7 Å². The quantitative estimate of drug-likeness (QED) is 0.0655. The highest BCUT2D eigenvalue weighted by Gasteiger charge is 2.38. The van der Waals surface area contributed by atoms with Gasteiger partial charge in [0.15, 0.2) is 23.0 Å². The van der Waals surface area contributed by atoms with Crippen LogP contribution in [0.1, 0.15) is 186 Å². The van der Waals surface area contributed by atoms with Gasteiger partial charge < -0.3 is 37.2 Å². The second kappa shape index (κ2) is 30.1. The van der Waals surface area contributed by atoms with Crippen LogP contribution in [0.3, 0.4) is 0 Å². The van der Waals surface area contributed by atoms with Crippen molar-refractivity contribution in [1.29, 1.82) is 0 Å². The monoisotopic (exact) mass is 1490 g/mol. The molecule has 2 heterocycles. The van der Waals surface area contributed by atoms with Gasteiger partial charge in [-0.3, -0.25) is 9.80 Å². The van der Waals surface area contributed by atoms with Gasteiger partial charge in [0, 0.05) is 105 Å². The summed E-state index contributed by atoms with van der Waals surface area (Å²) in [7, 11) is -19.4. The molecule has 13 rings (SSSR count). The van der Waals surface area contributed by atoms with Crippen LogP contribution in [0, 0.1) is 27.7 Å². The number of benzene rings is 10. The van der Waals surface area contributed by atoms with E-state index >= 15 is 0 Å². The number of aromatic hydroxyl groups is 4. The highest BCUT2D eigenvalue weighted by Crippen LogP contribution is 2.54. The summed E-state index contributed by atoms with van der Waals surface area (Å²) in [5, 5.41) is 54.0. The van der Waals surface area contributed by atoms with Crippen molar-refractivity contribution in [3.63, 3.8) is 0 Å². The van der Waals surface area contributed by atoms with E-state index < -0.39 is 110 Å². The molecule has 0 saturated carbocycles. The molecule has 0 amide bonds. The van der Waals surface area contributed by atoms with E-state index in [1.54, 1.807) is 104 Å². The van der Waals surface area contributed by atoms with Gasteiger partial charge in [-0.2, -0.15) is 33.7 Å². The Morgan fingerprint density at radius 1 is 0.324 bits per heavy atom. The van der Waals surface area contributed by atoms with Crippen LogP contribution >= 0.6 is 0 Å². The summed E-state index contributed by atoms with van der Waals surface area (Å²) in [4.78, 5) is 3.22. The van der Waals surface area contributed by atoms with Gasteiger partial charge in [-0.25, -0.2) is 0 Å². The van der Waals surface area contributed by atoms with Crippen LogP contribution in [0.25, 0.3) is 0 Å². The van der Waals surface area contributed by atoms with Gasteiger partial charge >= 0.3 is 40.5 Å². The zero-order valence-corrected chi connectivity index (χ0v) is 63.4. The highest BCUT2D eigenvalue weighted by molar-refractivity contribution is 7.88. The number of fused-ring (bicyclic) bond motifs is 8. The number of nitrogens with zero attached hydrogens (tertiary/aromatic N) is 2. The van der Waals surface area contributed by atoms with Crippen molar-refractivity contribution in [2.45, 2.75) is 157 Å². The number of rotatable bonds is 16. The third-order valence-corrected chi connectivity index (χ3v) is 25.7. The molecule has 4 unspecified atom stereocenters. The fourth-order valence-corrected chi connectivity index (χ4v) is 17.8. The molecule has 6 atom stereocenters. The zero-order valence-electron chi connectivity index (χ0n) is 60.1. The second-order valence-corrected chi connectivity index (χ2v) is 34.0. The van der Waals surface area contributed by atoms with Gasteiger partial charge in [-0.15, -0.1) is 0 Å². The Morgan fingerprint density at radius 2 is 0.552 bits per heavy atom. The molecule has 0 radical (unpaired) electrons. The Balaban J connectivity index is 1.23. The van der Waals surface area contributed by atoms with Gasteiger partial charge in [-0.1, -0.05) is 166 Å². The molecule has 0 fully saturated rings. The van der Waals surface area contributed by atoms with Gasteiger partial charge in [0.05, 0.1) is 11.1 Å². The van der Waals surface area contributed by atoms with Gasteiger partial charge in [0.25, 0.3) is 0 Å². The smallest absolute Gasteiger partial charge is 0.339 e. The Labute approximate surface area is 616 Å². The van der Waals surface area contributed by atoms with Crippen molar-refractivity contribution < 1.29 is 70.8 Å². The molecular formula is C83H86N2O16S4. The van der Waals surface area contributed by atoms with Crippen molar-refractivity contribution in [3.8, 4) is 46.0 Å². The first-order valence-electron chi connectivity index (χ1n) is 34.9. The second-order valence-electron chi connectivity index (χ2n) is 27.8. The maximum absolute atomic E-state index is 15.0. The minimum atomic E-state index is -4.84. The average Bonchev–Trinajstić information content (AvgIpc) is 0.743. The first-order chi connectivity index (χ1) is 49.8. The van der Waals surface area contributed by atoms with Crippen molar-refractivity contribution in [2.24, 2.45) is 0 Å². The molecule has 4 N–H and O–H groups in total. The van der Waals surface area contributed by atoms with Crippen molar-refractivity contribution in [2.75, 3.05) is 13.1 Å². The average molecular weight is 1500 g/mol. The normalized spacial score (nSPS) is 17.7. The SMILES string of the molecule is Cc1ccc(S(=O)(=O)Oc2cc(OS(=O)(=O)c3ccc(C)cc3)c3cc2C(C)c2cc4c(O)c(c2O)CN([C@H](C)c2ccccc2)CCCCCN([C@H](C)c2ccccc2)Cc2c(O)c(cc(c2O)C(C)c2cc(c(OS(=O)(=O)c5ccc(C)cc5)cc2OS(=O)(=O)c2ccc(C)cc2)C4C)C3C)cc1. The standard InChI is InChI=1S/C83H86N2O16S4/c1-50-24-32-62(33-25-50)102(90,91)98-76-46-77(99-103(92,93)63-34-26-51(2)27-35-63)67-42-66(76)54(5)70-44-71-56(7)68-43-69(79(101-105(96,97)65-38-30-53(4)31-39-65)47-78(68)100-104(94,95)64-36-28-52(3)29-37-64)57(8)73-45-72(55(67)6)82(88)75(83(73)89)49-85(59(10)61-22-16-12-17-23-61)41-19-13-18-40-84(48-74(80(70)86)81(71)87)58(9)60-20-14-11-15-21-60/h11-12,14-17,20-39,42-47,54-59,86-89H,13,18-19,40-41,48-49H2,1-10H3/t54?,55?,56?,57?,58-,59-/m1/s1. The summed E-state index contributed by atoms with van der Waals surface area (Å²) in [5.74, 6) is -8.29. The fraction of sp³-hybridized carbons (Fsp3) is 0.277. The number of phenolic OH excluding ortho intramolecular Hbond substituents is 4. The molecule has 0 spiro atoms. The predicted molar refractivity (Wildman–Crippen MR) is 403 cm³/mol. The van der Waals surface area contributed by atoms with Crippen molar-refractivity contribution in [1.82, 2.24) is 9.80 Å². The van der Waals surface area contributed by atoms with Gasteiger partial charge in [-0.05, 0) is 151 Å². The number of hydrogen-bond acceptors (Lipinski definition) is 18. The molecule has 2 aliphatic heterocycles. The van der Waals surface area contributed by atoms with E-state index in [0.29, 0.717) is 32.4 Å². The molecule has 3 aliphatic rings. The van der Waals surface area contributed by atoms with Gasteiger partial charge in [0.1, 0.15) is 42.6 Å². The summed E-state index contributed by atoms with van der Waals surface area (Å²) < 4.78 is 145. The summed E-state index contributed by atoms with van der Waals surface area (Å²) >= 11 is 0. The number of aryl methyl sites for hydroxylation is 4. The lowest BCUT2D eigenvalue weighted by Crippen LogP contribution is -2.29. The number of hydrogen-bond donors (Lipinski definition) is 4. The molecule has 0 aromatic heterocycles. The van der Waals surface area contributed by atoms with Crippen LogP contribution in [0.5, 0.6) is 46.0 Å². The molecule has 10 aromatic carbocycles. The third-order valence-electron chi connectivity index (χ3n) is 20.7. The molecular weight excluding hydrogens is 1410 g/mol. The topological polar surface area (TPSA) is 261 Å². The van der Waals surface area contributed by atoms with Gasteiger partial charge in [0.2, 0.25) is 0 Å². The Hall–Kier alpha value is -9.68. The van der Waals surface area contributed by atoms with E-state index in [1.165, 1.54) is 72.8 Å². The maximum Gasteiger partial charge on any atom is 0.339 e. The first-order valence-corrected chi connectivity index (χ1v) is 40.6. The summed E-state index contributed by atoms with van der Waals surface area (Å²) in [5.41, 5.74) is 5.28. The van der Waals surface area contributed by atoms with E-state index in [2.05, 4.69) is 9.80 Å². The van der Waals surface area contributed by atoms with Crippen LogP contribution in [0.2, 0.25) is 0 Å². The lowest BCUT2D eigenvalue weighted by atomic mass is 9.79. The summed E-state index contributed by atoms with van der Waals surface area (Å²) in [6.07, 6.45) is 1.87. The van der Waals surface area contributed by atoms with Crippen LogP contribution in [-0.2, 0) is 53.6 Å². The molecule has 10 aromatic rings. The molecule has 18 nitrogen and oxygen atoms in total. The summed E-state index contributed by atoms with van der Waals surface area (Å²) in [6, 6.07) is 50.7. The van der Waals surface area contributed by atoms with Crippen LogP contribution < -0.4 is 16.7 Å². The molecule has 105 heavy (non-hydrogen) atoms. The van der Waals surface area contributed by atoms with E-state index in [1.807, 2.05) is 74.5 Å². The fourth-order valence-electron chi connectivity index (χ4n) is 14.1. The van der Waals surface area contributed by atoms with Crippen molar-refractivity contribution >= 4 is 40.5 Å². The number of phenols is 4. The molecule has 1 aliphatic carbocycles. The molecule has 22 heteroatoms. The largest absolute Gasteiger partial charge is 0.507 e. The predicted octanol–water partition coefficient (Wildman–Crippen LogP) is 17.0. The lowest BCUT2D eigenvalue weighted by Gasteiger charge is -2.33. The minimum Gasteiger partial charge on any atom is -0.507 e. The van der Waals surface area contributed by atoms with E-state index in [9.17, 15) is 54.1 Å². The Kier molecular flexibility index (Phi) is 21.5. The maximum atomic E-state index is 15.0. The van der Waals surface area contributed by atoms with E-state index in [0.717, 1.165) is 45.5 Å². The van der Waals surface area contributed by atoms with Crippen molar-refractivity contribution in [3.05, 3.63) is 283 Å². The first kappa shape index (κ1) is 75.0. The molecule has 548 valence electrons. The molecule has 0 saturated heterocycles.